The van der Waals surface area contributed by atoms with E-state index in [1.165, 1.54) is 24.5 Å². The first kappa shape index (κ1) is 25.0. The normalized spacial score (nSPS) is 13.4. The van der Waals surface area contributed by atoms with Crippen LogP contribution in [0.25, 0.3) is 22.3 Å². The maximum absolute atomic E-state index is 12.1. The Kier molecular flexibility index (Phi) is 7.10. The zero-order valence-electron chi connectivity index (χ0n) is 19.6. The molecule has 0 atom stereocenters. The van der Waals surface area contributed by atoms with Gasteiger partial charge in [0.1, 0.15) is 11.6 Å². The van der Waals surface area contributed by atoms with Crippen LogP contribution in [0.2, 0.25) is 0 Å². The standard InChI is InChI=1S/C19H19N3O.C8H6F3NO/c1-13-8-9-14-16(12-13)20-18(15-6-2-3-7-17(15)23)21-19(14)22-10-4-5-11-22;9-8(10,11)6-3-1-2-5(4-6)7(12)13/h2-3,6-9,12,23H,4-5,10-11H2,1H3;1-4H,(H2,12,13). The van der Waals surface area contributed by atoms with E-state index < -0.39 is 17.6 Å². The van der Waals surface area contributed by atoms with E-state index in [9.17, 15) is 23.1 Å². The van der Waals surface area contributed by atoms with E-state index >= 15 is 0 Å². The first-order valence-corrected chi connectivity index (χ1v) is 11.4. The van der Waals surface area contributed by atoms with Gasteiger partial charge in [-0.3, -0.25) is 4.79 Å². The number of nitrogens with zero attached hydrogens (tertiary/aromatic N) is 3. The molecule has 1 aliphatic rings. The summed E-state index contributed by atoms with van der Waals surface area (Å²) in [6, 6.07) is 17.5. The van der Waals surface area contributed by atoms with E-state index in [-0.39, 0.29) is 11.3 Å². The van der Waals surface area contributed by atoms with Crippen molar-refractivity contribution in [2.75, 3.05) is 18.0 Å². The minimum absolute atomic E-state index is 0.144. The lowest BCUT2D eigenvalue weighted by molar-refractivity contribution is -0.137. The van der Waals surface area contributed by atoms with Crippen molar-refractivity contribution in [3.8, 4) is 17.1 Å². The number of primary amides is 1. The van der Waals surface area contributed by atoms with E-state index in [2.05, 4.69) is 30.0 Å². The van der Waals surface area contributed by atoms with E-state index in [0.717, 1.165) is 48.0 Å². The molecule has 36 heavy (non-hydrogen) atoms. The lowest BCUT2D eigenvalue weighted by atomic mass is 10.1. The predicted molar refractivity (Wildman–Crippen MR) is 133 cm³/mol. The zero-order chi connectivity index (χ0) is 25.9. The summed E-state index contributed by atoms with van der Waals surface area (Å²) in [5.74, 6) is 0.909. The molecule has 0 bridgehead atoms. The Morgan fingerprint density at radius 1 is 0.972 bits per heavy atom. The third kappa shape index (κ3) is 5.56. The molecule has 9 heteroatoms. The Labute approximate surface area is 206 Å². The van der Waals surface area contributed by atoms with E-state index in [1.54, 1.807) is 6.07 Å². The molecule has 0 radical (unpaired) electrons. The molecular weight excluding hydrogens is 469 g/mol. The summed E-state index contributed by atoms with van der Waals surface area (Å²) in [6.45, 7) is 4.12. The summed E-state index contributed by atoms with van der Waals surface area (Å²) in [5, 5.41) is 11.2. The van der Waals surface area contributed by atoms with Crippen molar-refractivity contribution in [3.05, 3.63) is 83.4 Å². The highest BCUT2D eigenvalue weighted by atomic mass is 19.4. The van der Waals surface area contributed by atoms with Gasteiger partial charge in [-0.25, -0.2) is 9.97 Å². The van der Waals surface area contributed by atoms with Gasteiger partial charge in [-0.15, -0.1) is 0 Å². The summed E-state index contributed by atoms with van der Waals surface area (Å²) in [6.07, 6.45) is -2.04. The first-order chi connectivity index (χ1) is 17.1. The second kappa shape index (κ2) is 10.2. The van der Waals surface area contributed by atoms with Gasteiger partial charge in [0.05, 0.1) is 16.6 Å². The summed E-state index contributed by atoms with van der Waals surface area (Å²) >= 11 is 0. The number of hydrogen-bond acceptors (Lipinski definition) is 5. The van der Waals surface area contributed by atoms with Gasteiger partial charge < -0.3 is 15.7 Å². The van der Waals surface area contributed by atoms with Crippen LogP contribution in [0.5, 0.6) is 5.75 Å². The predicted octanol–water partition coefficient (Wildman–Crippen LogP) is 5.72. The highest BCUT2D eigenvalue weighted by Crippen LogP contribution is 2.33. The number of carbonyl (C=O) groups is 1. The number of phenols is 1. The van der Waals surface area contributed by atoms with Gasteiger partial charge in [0.25, 0.3) is 0 Å². The molecule has 0 spiro atoms. The molecule has 3 aromatic carbocycles. The van der Waals surface area contributed by atoms with Crippen molar-refractivity contribution in [1.29, 1.82) is 0 Å². The summed E-state index contributed by atoms with van der Waals surface area (Å²) in [4.78, 5) is 22.4. The zero-order valence-corrected chi connectivity index (χ0v) is 19.6. The molecule has 1 amide bonds. The number of anilines is 1. The number of fused-ring (bicyclic) bond motifs is 1. The number of benzene rings is 3. The number of nitrogens with two attached hydrogens (primary N) is 1. The molecule has 4 aromatic rings. The molecule has 6 nitrogen and oxygen atoms in total. The highest BCUT2D eigenvalue weighted by molar-refractivity contribution is 5.93. The number of aromatic hydroxyl groups is 1. The molecule has 0 aliphatic carbocycles. The highest BCUT2D eigenvalue weighted by Gasteiger charge is 2.30. The number of rotatable bonds is 3. The quantitative estimate of drug-likeness (QED) is 0.380. The molecule has 5 rings (SSSR count). The topological polar surface area (TPSA) is 92.3 Å². The first-order valence-electron chi connectivity index (χ1n) is 11.4. The number of halogens is 3. The summed E-state index contributed by atoms with van der Waals surface area (Å²) < 4.78 is 36.2. The van der Waals surface area contributed by atoms with Gasteiger partial charge in [-0.05, 0) is 67.8 Å². The molecule has 1 fully saturated rings. The van der Waals surface area contributed by atoms with E-state index in [1.807, 2.05) is 18.2 Å². The number of hydrogen-bond donors (Lipinski definition) is 2. The molecule has 1 aliphatic heterocycles. The van der Waals surface area contributed by atoms with Crippen molar-refractivity contribution >= 4 is 22.6 Å². The van der Waals surface area contributed by atoms with Crippen LogP contribution in [0.15, 0.2) is 66.7 Å². The van der Waals surface area contributed by atoms with Crippen molar-refractivity contribution in [2.24, 2.45) is 5.73 Å². The lowest BCUT2D eigenvalue weighted by Gasteiger charge is -2.19. The third-order valence-corrected chi connectivity index (χ3v) is 5.86. The fraction of sp³-hybridized carbons (Fsp3) is 0.222. The Bertz CT molecular complexity index is 1400. The van der Waals surface area contributed by atoms with Crippen LogP contribution in [-0.2, 0) is 6.18 Å². The molecule has 186 valence electrons. The number of carbonyl (C=O) groups excluding carboxylic acids is 1. The van der Waals surface area contributed by atoms with Crippen molar-refractivity contribution in [3.63, 3.8) is 0 Å². The summed E-state index contributed by atoms with van der Waals surface area (Å²) in [7, 11) is 0. The smallest absolute Gasteiger partial charge is 0.416 e. The number of aryl methyl sites for hydroxylation is 1. The maximum atomic E-state index is 12.1. The SMILES string of the molecule is Cc1ccc2c(N3CCCC3)nc(-c3ccccc3O)nc2c1.NC(=O)c1cccc(C(F)(F)F)c1. The molecule has 1 aromatic heterocycles. The molecule has 1 saturated heterocycles. The molecular formula is C27H25F3N4O2. The number of alkyl halides is 3. The average Bonchev–Trinajstić information content (AvgIpc) is 3.38. The van der Waals surface area contributed by atoms with Crippen LogP contribution in [0.3, 0.4) is 0 Å². The van der Waals surface area contributed by atoms with Crippen LogP contribution >= 0.6 is 0 Å². The number of para-hydroxylation sites is 1. The minimum atomic E-state index is -4.44. The van der Waals surface area contributed by atoms with E-state index in [0.29, 0.717) is 11.4 Å². The fourth-order valence-electron chi connectivity index (χ4n) is 4.02. The van der Waals surface area contributed by atoms with Gasteiger partial charge in [-0.1, -0.05) is 24.3 Å². The van der Waals surface area contributed by atoms with Crippen molar-refractivity contribution in [2.45, 2.75) is 25.9 Å². The maximum Gasteiger partial charge on any atom is 0.416 e. The second-order valence-electron chi connectivity index (χ2n) is 8.55. The van der Waals surface area contributed by atoms with Crippen LogP contribution in [0.4, 0.5) is 19.0 Å². The minimum Gasteiger partial charge on any atom is -0.507 e. The van der Waals surface area contributed by atoms with Gasteiger partial charge in [0.2, 0.25) is 5.91 Å². The number of amides is 1. The second-order valence-corrected chi connectivity index (χ2v) is 8.55. The van der Waals surface area contributed by atoms with Crippen LogP contribution in [0.1, 0.15) is 34.3 Å². The Morgan fingerprint density at radius 2 is 1.69 bits per heavy atom. The van der Waals surface area contributed by atoms with Crippen LogP contribution in [-0.4, -0.2) is 34.1 Å². The van der Waals surface area contributed by atoms with Gasteiger partial charge >= 0.3 is 6.18 Å². The molecule has 0 saturated carbocycles. The number of aromatic nitrogens is 2. The molecule has 0 unspecified atom stereocenters. The lowest BCUT2D eigenvalue weighted by Crippen LogP contribution is -2.20. The van der Waals surface area contributed by atoms with Crippen LogP contribution in [0, 0.1) is 6.92 Å². The Balaban J connectivity index is 0.000000200. The van der Waals surface area contributed by atoms with Gasteiger partial charge in [-0.2, -0.15) is 13.2 Å². The Morgan fingerprint density at radius 3 is 2.36 bits per heavy atom. The van der Waals surface area contributed by atoms with E-state index in [4.69, 9.17) is 15.7 Å². The van der Waals surface area contributed by atoms with Gasteiger partial charge in [0.15, 0.2) is 5.82 Å². The van der Waals surface area contributed by atoms with Crippen molar-refractivity contribution in [1.82, 2.24) is 9.97 Å². The number of phenolic OH excluding ortho intramolecular Hbond substituents is 1. The van der Waals surface area contributed by atoms with Crippen molar-refractivity contribution < 1.29 is 23.1 Å². The fourth-order valence-corrected chi connectivity index (χ4v) is 4.02. The molecule has 2 heterocycles. The Hall–Kier alpha value is -4.14. The summed E-state index contributed by atoms with van der Waals surface area (Å²) in [5.41, 5.74) is 6.59. The molecule has 3 N–H and O–H groups in total. The average molecular weight is 495 g/mol. The van der Waals surface area contributed by atoms with Crippen LogP contribution < -0.4 is 10.6 Å². The van der Waals surface area contributed by atoms with Gasteiger partial charge in [0, 0.05) is 24.0 Å². The monoisotopic (exact) mass is 494 g/mol. The third-order valence-electron chi connectivity index (χ3n) is 5.86. The largest absolute Gasteiger partial charge is 0.507 e.